The predicted molar refractivity (Wildman–Crippen MR) is 75.2 cm³/mol. The number of pyridine rings is 1. The molecule has 2 aromatic rings. The van der Waals surface area contributed by atoms with Crippen molar-refractivity contribution in [2.24, 2.45) is 0 Å². The molecule has 1 N–H and O–H groups in total. The fourth-order valence-electron chi connectivity index (χ4n) is 1.68. The molecule has 2 rings (SSSR count). The number of aromatic nitrogens is 1. The maximum atomic E-state index is 9.12. The molecular weight excluding hydrogens is 290 g/mol. The van der Waals surface area contributed by atoms with Gasteiger partial charge in [0, 0.05) is 23.4 Å². The van der Waals surface area contributed by atoms with Crippen molar-refractivity contribution in [1.29, 1.82) is 5.26 Å². The standard InChI is InChI=1S/C14H12BrN3/c1-10-8-17-6-5-11(10)9-18-14-4-2-3-13(15)12(14)7-16/h2-6,8,18H,9H2,1H3. The first kappa shape index (κ1) is 12.6. The number of nitrogens with zero attached hydrogens (tertiary/aromatic N) is 2. The zero-order valence-electron chi connectivity index (χ0n) is 9.94. The zero-order valence-corrected chi connectivity index (χ0v) is 11.5. The summed E-state index contributed by atoms with van der Waals surface area (Å²) in [4.78, 5) is 4.06. The maximum Gasteiger partial charge on any atom is 0.103 e. The van der Waals surface area contributed by atoms with Gasteiger partial charge in [0.1, 0.15) is 6.07 Å². The highest BCUT2D eigenvalue weighted by molar-refractivity contribution is 9.10. The lowest BCUT2D eigenvalue weighted by molar-refractivity contribution is 1.09. The molecule has 0 bridgehead atoms. The maximum absolute atomic E-state index is 9.12. The molecule has 0 fully saturated rings. The minimum Gasteiger partial charge on any atom is -0.380 e. The topological polar surface area (TPSA) is 48.7 Å². The van der Waals surface area contributed by atoms with Crippen LogP contribution in [0.3, 0.4) is 0 Å². The Morgan fingerprint density at radius 3 is 2.94 bits per heavy atom. The summed E-state index contributed by atoms with van der Waals surface area (Å²) < 4.78 is 0.807. The van der Waals surface area contributed by atoms with Crippen molar-refractivity contribution in [3.05, 3.63) is 57.8 Å². The Balaban J connectivity index is 2.19. The van der Waals surface area contributed by atoms with E-state index in [2.05, 4.69) is 32.3 Å². The highest BCUT2D eigenvalue weighted by atomic mass is 79.9. The van der Waals surface area contributed by atoms with E-state index in [-0.39, 0.29) is 0 Å². The molecule has 0 atom stereocenters. The highest BCUT2D eigenvalue weighted by Gasteiger charge is 2.05. The van der Waals surface area contributed by atoms with Crippen LogP contribution < -0.4 is 5.32 Å². The third kappa shape index (κ3) is 2.69. The fraction of sp³-hybridized carbons (Fsp3) is 0.143. The van der Waals surface area contributed by atoms with Gasteiger partial charge in [-0.3, -0.25) is 4.98 Å². The minimum atomic E-state index is 0.629. The van der Waals surface area contributed by atoms with Crippen molar-refractivity contribution < 1.29 is 0 Å². The van der Waals surface area contributed by atoms with Crippen LogP contribution in [0.4, 0.5) is 5.69 Å². The predicted octanol–water partition coefficient (Wildman–Crippen LogP) is 3.64. The lowest BCUT2D eigenvalue weighted by Gasteiger charge is -2.10. The zero-order chi connectivity index (χ0) is 13.0. The quantitative estimate of drug-likeness (QED) is 0.941. The SMILES string of the molecule is Cc1cnccc1CNc1cccc(Br)c1C#N. The van der Waals surface area contributed by atoms with Crippen molar-refractivity contribution in [3.8, 4) is 6.07 Å². The van der Waals surface area contributed by atoms with Crippen LogP contribution >= 0.6 is 15.9 Å². The number of anilines is 1. The van der Waals surface area contributed by atoms with Crippen LogP contribution in [0.1, 0.15) is 16.7 Å². The molecule has 3 nitrogen and oxygen atoms in total. The van der Waals surface area contributed by atoms with Gasteiger partial charge in [0.25, 0.3) is 0 Å². The van der Waals surface area contributed by atoms with Gasteiger partial charge in [-0.05, 0) is 52.2 Å². The van der Waals surface area contributed by atoms with E-state index in [9.17, 15) is 0 Å². The van der Waals surface area contributed by atoms with E-state index in [1.54, 1.807) is 6.20 Å². The lowest BCUT2D eigenvalue weighted by Crippen LogP contribution is -2.03. The molecule has 0 amide bonds. The summed E-state index contributed by atoms with van der Waals surface area (Å²) in [5, 5.41) is 12.4. The van der Waals surface area contributed by atoms with E-state index >= 15 is 0 Å². The van der Waals surface area contributed by atoms with Gasteiger partial charge < -0.3 is 5.32 Å². The third-order valence-corrected chi connectivity index (χ3v) is 3.39. The van der Waals surface area contributed by atoms with Gasteiger partial charge in [-0.1, -0.05) is 6.07 Å². The molecule has 90 valence electrons. The van der Waals surface area contributed by atoms with E-state index in [1.807, 2.05) is 37.4 Å². The van der Waals surface area contributed by atoms with Gasteiger partial charge in [-0.2, -0.15) is 5.26 Å². The number of hydrogen-bond donors (Lipinski definition) is 1. The van der Waals surface area contributed by atoms with Gasteiger partial charge in [-0.25, -0.2) is 0 Å². The lowest BCUT2D eigenvalue weighted by atomic mass is 10.1. The first-order valence-electron chi connectivity index (χ1n) is 5.54. The molecule has 0 saturated carbocycles. The first-order valence-corrected chi connectivity index (χ1v) is 6.33. The number of hydrogen-bond acceptors (Lipinski definition) is 3. The van der Waals surface area contributed by atoms with Crippen LogP contribution in [-0.2, 0) is 6.54 Å². The molecule has 0 aliphatic carbocycles. The van der Waals surface area contributed by atoms with E-state index in [4.69, 9.17) is 5.26 Å². The Morgan fingerprint density at radius 1 is 1.39 bits per heavy atom. The Bertz CT molecular complexity index is 602. The Morgan fingerprint density at radius 2 is 2.22 bits per heavy atom. The Kier molecular flexibility index (Phi) is 3.96. The average molecular weight is 302 g/mol. The number of benzene rings is 1. The molecule has 4 heteroatoms. The van der Waals surface area contributed by atoms with Crippen molar-refractivity contribution in [3.63, 3.8) is 0 Å². The second-order valence-corrected chi connectivity index (χ2v) is 4.78. The second kappa shape index (κ2) is 5.65. The van der Waals surface area contributed by atoms with E-state index in [0.29, 0.717) is 12.1 Å². The van der Waals surface area contributed by atoms with Crippen molar-refractivity contribution in [2.75, 3.05) is 5.32 Å². The van der Waals surface area contributed by atoms with Crippen LogP contribution in [-0.4, -0.2) is 4.98 Å². The molecule has 0 radical (unpaired) electrons. The number of rotatable bonds is 3. The summed E-state index contributed by atoms with van der Waals surface area (Å²) in [5.41, 5.74) is 3.78. The van der Waals surface area contributed by atoms with Crippen molar-refractivity contribution in [2.45, 2.75) is 13.5 Å². The average Bonchev–Trinajstić information content (AvgIpc) is 2.38. The second-order valence-electron chi connectivity index (χ2n) is 3.93. The van der Waals surface area contributed by atoms with Gasteiger partial charge in [0.15, 0.2) is 0 Å². The van der Waals surface area contributed by atoms with Gasteiger partial charge in [-0.15, -0.1) is 0 Å². The van der Waals surface area contributed by atoms with Crippen LogP contribution in [0.15, 0.2) is 41.1 Å². The molecular formula is C14H12BrN3. The largest absolute Gasteiger partial charge is 0.380 e. The van der Waals surface area contributed by atoms with E-state index in [0.717, 1.165) is 15.7 Å². The fourth-order valence-corrected chi connectivity index (χ4v) is 2.13. The van der Waals surface area contributed by atoms with E-state index in [1.165, 1.54) is 5.56 Å². The summed E-state index contributed by atoms with van der Waals surface area (Å²) in [7, 11) is 0. The number of halogens is 1. The van der Waals surface area contributed by atoms with Gasteiger partial charge in [0.2, 0.25) is 0 Å². The number of nitriles is 1. The van der Waals surface area contributed by atoms with Crippen LogP contribution in [0.25, 0.3) is 0 Å². The molecule has 0 spiro atoms. The van der Waals surface area contributed by atoms with Crippen molar-refractivity contribution >= 4 is 21.6 Å². The molecule has 1 aromatic carbocycles. The highest BCUT2D eigenvalue weighted by Crippen LogP contribution is 2.24. The summed E-state index contributed by atoms with van der Waals surface area (Å²) >= 11 is 3.38. The molecule has 0 saturated heterocycles. The minimum absolute atomic E-state index is 0.629. The normalized spacial score (nSPS) is 9.83. The summed E-state index contributed by atoms with van der Waals surface area (Å²) in [6.45, 7) is 2.70. The third-order valence-electron chi connectivity index (χ3n) is 2.73. The number of aryl methyl sites for hydroxylation is 1. The van der Waals surface area contributed by atoms with E-state index < -0.39 is 0 Å². The number of nitrogens with one attached hydrogen (secondary N) is 1. The molecule has 18 heavy (non-hydrogen) atoms. The van der Waals surface area contributed by atoms with Gasteiger partial charge in [0.05, 0.1) is 11.3 Å². The molecule has 1 aromatic heterocycles. The van der Waals surface area contributed by atoms with Gasteiger partial charge >= 0.3 is 0 Å². The Hall–Kier alpha value is -1.86. The first-order chi connectivity index (χ1) is 8.72. The monoisotopic (exact) mass is 301 g/mol. The summed E-state index contributed by atoms with van der Waals surface area (Å²) in [6, 6.07) is 9.85. The smallest absolute Gasteiger partial charge is 0.103 e. The van der Waals surface area contributed by atoms with Crippen LogP contribution in [0.2, 0.25) is 0 Å². The molecule has 1 heterocycles. The van der Waals surface area contributed by atoms with Crippen LogP contribution in [0, 0.1) is 18.3 Å². The molecule has 0 aliphatic heterocycles. The molecule has 0 aliphatic rings. The van der Waals surface area contributed by atoms with Crippen LogP contribution in [0.5, 0.6) is 0 Å². The Labute approximate surface area is 115 Å². The summed E-state index contributed by atoms with van der Waals surface area (Å²) in [6.07, 6.45) is 3.61. The molecule has 0 unspecified atom stereocenters. The summed E-state index contributed by atoms with van der Waals surface area (Å²) in [5.74, 6) is 0. The van der Waals surface area contributed by atoms with Crippen molar-refractivity contribution in [1.82, 2.24) is 4.98 Å².